The number of nitrogens with zero attached hydrogens (tertiary/aromatic N) is 4. The van der Waals surface area contributed by atoms with E-state index in [1.807, 2.05) is 48.5 Å². The highest BCUT2D eigenvalue weighted by atomic mass is 16.6. The van der Waals surface area contributed by atoms with Crippen LogP contribution >= 0.6 is 0 Å². The first-order chi connectivity index (χ1) is 11.7. The van der Waals surface area contributed by atoms with Crippen molar-refractivity contribution in [2.75, 3.05) is 5.32 Å². The van der Waals surface area contributed by atoms with Crippen LogP contribution in [-0.2, 0) is 11.8 Å². The molecule has 1 amide bonds. The highest BCUT2D eigenvalue weighted by Crippen LogP contribution is 2.44. The monoisotopic (exact) mass is 323 g/mol. The lowest BCUT2D eigenvalue weighted by atomic mass is 9.97. The summed E-state index contributed by atoms with van der Waals surface area (Å²) >= 11 is 0. The predicted molar refractivity (Wildman–Crippen MR) is 83.7 cm³/mol. The van der Waals surface area contributed by atoms with Crippen molar-refractivity contribution in [1.82, 2.24) is 20.2 Å². The lowest BCUT2D eigenvalue weighted by Gasteiger charge is -2.27. The molecule has 1 aliphatic rings. The second-order valence-electron chi connectivity index (χ2n) is 5.19. The Hall–Kier alpha value is -3.42. The quantitative estimate of drug-likeness (QED) is 0.779. The molecule has 1 N–H and O–H groups in total. The van der Waals surface area contributed by atoms with E-state index >= 15 is 0 Å². The average molecular weight is 323 g/mol. The average Bonchev–Trinajstić information content (AvgIpc) is 2.99. The Kier molecular flexibility index (Phi) is 3.34. The molecule has 120 valence electrons. The molecule has 0 radical (unpaired) electrons. The zero-order chi connectivity index (χ0) is 16.5. The number of para-hydroxylation sites is 2. The van der Waals surface area contributed by atoms with E-state index in [0.29, 0.717) is 11.5 Å². The van der Waals surface area contributed by atoms with Crippen LogP contribution in [0.25, 0.3) is 0 Å². The maximum absolute atomic E-state index is 12.2. The maximum atomic E-state index is 12.2. The molecule has 0 atom stereocenters. The van der Waals surface area contributed by atoms with E-state index < -0.39 is 12.2 Å². The van der Waals surface area contributed by atoms with Gasteiger partial charge in [-0.3, -0.25) is 5.32 Å². The summed E-state index contributed by atoms with van der Waals surface area (Å²) in [6.45, 7) is 0. The Morgan fingerprint density at radius 1 is 1.12 bits per heavy atom. The minimum absolute atomic E-state index is 0.0797. The van der Waals surface area contributed by atoms with Gasteiger partial charge in [-0.05, 0) is 17.3 Å². The van der Waals surface area contributed by atoms with Crippen molar-refractivity contribution in [2.45, 2.75) is 6.10 Å². The molecule has 0 unspecified atom stereocenters. The number of amides is 1. The molecular weight excluding hydrogens is 310 g/mol. The number of benzene rings is 2. The van der Waals surface area contributed by atoms with Crippen molar-refractivity contribution in [1.29, 1.82) is 0 Å². The molecule has 4 rings (SSSR count). The highest BCUT2D eigenvalue weighted by molar-refractivity contribution is 5.82. The number of aryl methyl sites for hydroxylation is 1. The predicted octanol–water partition coefficient (Wildman–Crippen LogP) is 2.65. The first kappa shape index (κ1) is 14.2. The van der Waals surface area contributed by atoms with Crippen LogP contribution in [0.5, 0.6) is 11.5 Å². The van der Waals surface area contributed by atoms with Crippen LogP contribution in [0.2, 0.25) is 0 Å². The number of hydrogen-bond donors (Lipinski definition) is 1. The van der Waals surface area contributed by atoms with E-state index in [4.69, 9.17) is 9.47 Å². The fourth-order valence-corrected chi connectivity index (χ4v) is 2.56. The Morgan fingerprint density at radius 2 is 1.75 bits per heavy atom. The second kappa shape index (κ2) is 5.65. The topological polar surface area (TPSA) is 91.2 Å². The number of tetrazole rings is 1. The first-order valence-corrected chi connectivity index (χ1v) is 7.28. The van der Waals surface area contributed by atoms with Gasteiger partial charge < -0.3 is 9.47 Å². The van der Waals surface area contributed by atoms with Gasteiger partial charge in [-0.1, -0.05) is 41.5 Å². The summed E-state index contributed by atoms with van der Waals surface area (Å²) in [6.07, 6.45) is -1.25. The molecule has 1 aromatic heterocycles. The number of anilines is 1. The van der Waals surface area contributed by atoms with Gasteiger partial charge >= 0.3 is 6.09 Å². The third kappa shape index (κ3) is 2.54. The van der Waals surface area contributed by atoms with E-state index in [2.05, 4.69) is 20.7 Å². The maximum Gasteiger partial charge on any atom is 0.415 e. The molecule has 0 spiro atoms. The Balaban J connectivity index is 1.63. The summed E-state index contributed by atoms with van der Waals surface area (Å²) in [5.41, 5.74) is 1.55. The number of ether oxygens (including phenoxy) is 2. The van der Waals surface area contributed by atoms with E-state index in [1.165, 1.54) is 4.80 Å². The van der Waals surface area contributed by atoms with Gasteiger partial charge in [0.15, 0.2) is 6.10 Å². The largest absolute Gasteiger partial charge is 0.456 e. The Labute approximate surface area is 137 Å². The van der Waals surface area contributed by atoms with Gasteiger partial charge in [0.2, 0.25) is 0 Å². The Morgan fingerprint density at radius 3 is 2.33 bits per heavy atom. The summed E-state index contributed by atoms with van der Waals surface area (Å²) in [5.74, 6) is 1.40. The third-order valence-corrected chi connectivity index (χ3v) is 3.57. The van der Waals surface area contributed by atoms with Crippen LogP contribution in [0.1, 0.15) is 17.2 Å². The summed E-state index contributed by atoms with van der Waals surface area (Å²) < 4.78 is 11.5. The van der Waals surface area contributed by atoms with Crippen LogP contribution in [0.15, 0.2) is 48.5 Å². The van der Waals surface area contributed by atoms with Crippen LogP contribution < -0.4 is 10.1 Å². The molecule has 0 saturated carbocycles. The first-order valence-electron chi connectivity index (χ1n) is 7.28. The number of nitrogens with one attached hydrogen (secondary N) is 1. The van der Waals surface area contributed by atoms with E-state index in [0.717, 1.165) is 11.1 Å². The summed E-state index contributed by atoms with van der Waals surface area (Å²) in [6, 6.07) is 14.9. The van der Waals surface area contributed by atoms with Crippen LogP contribution in [0, 0.1) is 0 Å². The van der Waals surface area contributed by atoms with Crippen molar-refractivity contribution in [2.24, 2.45) is 7.05 Å². The summed E-state index contributed by atoms with van der Waals surface area (Å²) in [7, 11) is 1.61. The molecule has 2 aromatic carbocycles. The van der Waals surface area contributed by atoms with E-state index in [-0.39, 0.29) is 5.95 Å². The number of fused-ring (bicyclic) bond motifs is 2. The second-order valence-corrected chi connectivity index (χ2v) is 5.19. The van der Waals surface area contributed by atoms with Gasteiger partial charge in [0, 0.05) is 11.1 Å². The van der Waals surface area contributed by atoms with E-state index in [1.54, 1.807) is 7.05 Å². The Bertz CT molecular complexity index is 862. The number of carbonyl (C=O) groups excluding carboxylic acids is 1. The normalized spacial score (nSPS) is 12.7. The van der Waals surface area contributed by atoms with Crippen LogP contribution in [0.4, 0.5) is 10.7 Å². The SMILES string of the molecule is Cn1nnc(NC(=O)OC2c3ccccc3Oc3ccccc32)n1. The molecule has 0 fully saturated rings. The minimum atomic E-state index is -0.667. The molecule has 0 bridgehead atoms. The van der Waals surface area contributed by atoms with Crippen molar-refractivity contribution < 1.29 is 14.3 Å². The molecule has 3 aromatic rings. The standard InChI is InChI=1S/C16H13N5O3/c1-21-19-15(18-20-21)17-16(22)24-14-10-6-2-4-8-12(10)23-13-9-5-3-7-11(13)14/h2-9,14H,1H3,(H,17,19,22). The van der Waals surface area contributed by atoms with Gasteiger partial charge in [-0.25, -0.2) is 4.79 Å². The lowest BCUT2D eigenvalue weighted by Crippen LogP contribution is -2.21. The summed E-state index contributed by atoms with van der Waals surface area (Å²) in [5, 5.41) is 13.7. The van der Waals surface area contributed by atoms with Crippen LogP contribution in [0.3, 0.4) is 0 Å². The fourth-order valence-electron chi connectivity index (χ4n) is 2.56. The van der Waals surface area contributed by atoms with Crippen molar-refractivity contribution in [3.8, 4) is 11.5 Å². The van der Waals surface area contributed by atoms with Crippen molar-refractivity contribution in [3.05, 3.63) is 59.7 Å². The summed E-state index contributed by atoms with van der Waals surface area (Å²) in [4.78, 5) is 13.5. The van der Waals surface area contributed by atoms with Crippen molar-refractivity contribution in [3.63, 3.8) is 0 Å². The molecule has 0 aliphatic carbocycles. The molecule has 24 heavy (non-hydrogen) atoms. The van der Waals surface area contributed by atoms with Crippen LogP contribution in [-0.4, -0.2) is 26.3 Å². The molecule has 0 saturated heterocycles. The number of rotatable bonds is 2. The minimum Gasteiger partial charge on any atom is -0.456 e. The molecule has 8 heteroatoms. The third-order valence-electron chi connectivity index (χ3n) is 3.57. The molecule has 1 aliphatic heterocycles. The molecule has 2 heterocycles. The molecule has 8 nitrogen and oxygen atoms in total. The van der Waals surface area contributed by atoms with E-state index in [9.17, 15) is 4.79 Å². The highest BCUT2D eigenvalue weighted by Gasteiger charge is 2.30. The van der Waals surface area contributed by atoms with Gasteiger partial charge in [0.05, 0.1) is 7.05 Å². The zero-order valence-corrected chi connectivity index (χ0v) is 12.7. The molecular formula is C16H13N5O3. The van der Waals surface area contributed by atoms with Gasteiger partial charge in [0.1, 0.15) is 11.5 Å². The van der Waals surface area contributed by atoms with Crippen molar-refractivity contribution >= 4 is 12.0 Å². The zero-order valence-electron chi connectivity index (χ0n) is 12.7. The van der Waals surface area contributed by atoms with Gasteiger partial charge in [-0.15, -0.1) is 5.10 Å². The smallest absolute Gasteiger partial charge is 0.415 e. The lowest BCUT2D eigenvalue weighted by molar-refractivity contribution is 0.125. The number of aromatic nitrogens is 4. The van der Waals surface area contributed by atoms with Gasteiger partial charge in [-0.2, -0.15) is 4.80 Å². The number of carbonyl (C=O) groups is 1. The fraction of sp³-hybridized carbons (Fsp3) is 0.125. The van der Waals surface area contributed by atoms with Gasteiger partial charge in [0.25, 0.3) is 5.95 Å². The number of hydrogen-bond acceptors (Lipinski definition) is 6.